The van der Waals surface area contributed by atoms with Gasteiger partial charge in [0.2, 0.25) is 0 Å². The second-order valence-electron chi connectivity index (χ2n) is 1.61. The van der Waals surface area contributed by atoms with E-state index in [1.165, 1.54) is 4.57 Å². The van der Waals surface area contributed by atoms with Gasteiger partial charge >= 0.3 is 6.01 Å². The molecule has 0 saturated carbocycles. The summed E-state index contributed by atoms with van der Waals surface area (Å²) in [5, 5.41) is 15.7. The van der Waals surface area contributed by atoms with E-state index in [1.807, 2.05) is 0 Å². The molecule has 5 heteroatoms. The second kappa shape index (κ2) is 1.50. The molecule has 0 atom stereocenters. The van der Waals surface area contributed by atoms with Gasteiger partial charge in [-0.25, -0.2) is 0 Å². The van der Waals surface area contributed by atoms with Gasteiger partial charge in [0.25, 0.3) is 0 Å². The minimum atomic E-state index is -0.0394. The van der Waals surface area contributed by atoms with Crippen molar-refractivity contribution in [2.75, 3.05) is 0 Å². The monoisotopic (exact) mass is 111 g/mol. The van der Waals surface area contributed by atoms with E-state index in [4.69, 9.17) is 5.11 Å². The lowest BCUT2D eigenvalue weighted by atomic mass is 10.1. The lowest BCUT2D eigenvalue weighted by molar-refractivity contribution is 0.411. The summed E-state index contributed by atoms with van der Waals surface area (Å²) >= 11 is 0. The molecule has 8 heavy (non-hydrogen) atoms. The molecule has 1 aromatic heterocycles. The van der Waals surface area contributed by atoms with Crippen molar-refractivity contribution in [2.24, 2.45) is 7.05 Å². The molecule has 0 aliphatic carbocycles. The van der Waals surface area contributed by atoms with Crippen LogP contribution in [0, 0.1) is 0 Å². The lowest BCUT2D eigenvalue weighted by Crippen LogP contribution is -2.15. The Morgan fingerprint density at radius 1 is 1.62 bits per heavy atom. The van der Waals surface area contributed by atoms with Crippen molar-refractivity contribution in [3.63, 3.8) is 0 Å². The highest BCUT2D eigenvalue weighted by Crippen LogP contribution is 1.92. The number of rotatable bonds is 0. The number of aromatic hydroxyl groups is 1. The van der Waals surface area contributed by atoms with Crippen LogP contribution in [0.1, 0.15) is 0 Å². The van der Waals surface area contributed by atoms with Gasteiger partial charge in [-0.2, -0.15) is 0 Å². The summed E-state index contributed by atoms with van der Waals surface area (Å²) in [6, 6.07) is -0.0394. The first-order valence-corrected chi connectivity index (χ1v) is 2.27. The average Bonchev–Trinajstić information content (AvgIpc) is 1.98. The molecule has 1 N–H and O–H groups in total. The van der Waals surface area contributed by atoms with Crippen LogP contribution >= 0.6 is 0 Å². The molecule has 0 unspecified atom stereocenters. The standard InChI is InChI=1S/C3H6BN3O/c1-7-2(4)5-6-3(7)8/h4H2,1H3,(H,6,8). The predicted molar refractivity (Wildman–Crippen MR) is 30.8 cm³/mol. The largest absolute Gasteiger partial charge is 0.479 e. The number of hydrogen-bond donors (Lipinski definition) is 1. The topological polar surface area (TPSA) is 50.9 Å². The first-order chi connectivity index (χ1) is 3.72. The van der Waals surface area contributed by atoms with Gasteiger partial charge in [-0.05, 0) is 0 Å². The third-order valence-electron chi connectivity index (χ3n) is 1.07. The maximum Gasteiger partial charge on any atom is 0.313 e. The fraction of sp³-hybridized carbons (Fsp3) is 0.333. The van der Waals surface area contributed by atoms with Crippen molar-refractivity contribution in [3.05, 3.63) is 0 Å². The van der Waals surface area contributed by atoms with Crippen LogP contribution in [0.3, 0.4) is 0 Å². The minimum absolute atomic E-state index is 0.0394. The molecule has 1 rings (SSSR count). The minimum Gasteiger partial charge on any atom is -0.479 e. The third-order valence-corrected chi connectivity index (χ3v) is 1.07. The zero-order chi connectivity index (χ0) is 6.15. The summed E-state index contributed by atoms with van der Waals surface area (Å²) in [5.74, 6) is 0. The summed E-state index contributed by atoms with van der Waals surface area (Å²) in [7, 11) is 3.47. The molecule has 4 nitrogen and oxygen atoms in total. The van der Waals surface area contributed by atoms with E-state index in [2.05, 4.69) is 10.2 Å². The lowest BCUT2D eigenvalue weighted by Gasteiger charge is -1.89. The predicted octanol–water partition coefficient (Wildman–Crippen LogP) is -2.22. The van der Waals surface area contributed by atoms with E-state index in [0.717, 1.165) is 0 Å². The molecule has 1 aromatic rings. The molecule has 0 radical (unpaired) electrons. The van der Waals surface area contributed by atoms with Gasteiger partial charge in [0.15, 0.2) is 7.85 Å². The Balaban J connectivity index is 3.19. The SMILES string of the molecule is Bc1nnc(O)n1C. The van der Waals surface area contributed by atoms with Gasteiger partial charge in [-0.1, -0.05) is 5.10 Å². The molecule has 0 spiro atoms. The van der Waals surface area contributed by atoms with Crippen molar-refractivity contribution in [3.8, 4) is 6.01 Å². The molecule has 0 bridgehead atoms. The maximum absolute atomic E-state index is 8.73. The van der Waals surface area contributed by atoms with E-state index in [9.17, 15) is 0 Å². The van der Waals surface area contributed by atoms with Crippen molar-refractivity contribution in [1.29, 1.82) is 0 Å². The highest BCUT2D eigenvalue weighted by Gasteiger charge is 1.97. The molecule has 0 aliphatic heterocycles. The van der Waals surface area contributed by atoms with Crippen LogP contribution in [-0.4, -0.2) is 27.7 Å². The quantitative estimate of drug-likeness (QED) is 0.386. The van der Waals surface area contributed by atoms with Gasteiger partial charge < -0.3 is 5.11 Å². The third kappa shape index (κ3) is 0.557. The molecule has 0 aliphatic rings. The van der Waals surface area contributed by atoms with E-state index in [0.29, 0.717) is 5.72 Å². The Bertz CT molecular complexity index is 177. The summed E-state index contributed by atoms with van der Waals surface area (Å²) in [5.41, 5.74) is 0.711. The Labute approximate surface area is 47.6 Å². The molecule has 42 valence electrons. The maximum atomic E-state index is 8.73. The van der Waals surface area contributed by atoms with Gasteiger partial charge in [0, 0.05) is 7.05 Å². The zero-order valence-corrected chi connectivity index (χ0v) is 4.79. The second-order valence-corrected chi connectivity index (χ2v) is 1.61. The fourth-order valence-electron chi connectivity index (χ4n) is 0.396. The first-order valence-electron chi connectivity index (χ1n) is 2.27. The molecular weight excluding hydrogens is 105 g/mol. The van der Waals surface area contributed by atoms with E-state index >= 15 is 0 Å². The number of aromatic nitrogens is 3. The van der Waals surface area contributed by atoms with Gasteiger partial charge in [-0.3, -0.25) is 4.57 Å². The van der Waals surface area contributed by atoms with Crippen LogP contribution in [0.4, 0.5) is 0 Å². The summed E-state index contributed by atoms with van der Waals surface area (Å²) < 4.78 is 1.50. The van der Waals surface area contributed by atoms with Crippen LogP contribution in [0.2, 0.25) is 0 Å². The fourth-order valence-corrected chi connectivity index (χ4v) is 0.396. The van der Waals surface area contributed by atoms with Crippen molar-refractivity contribution >= 4 is 13.6 Å². The van der Waals surface area contributed by atoms with Crippen molar-refractivity contribution in [1.82, 2.24) is 14.8 Å². The summed E-state index contributed by atoms with van der Waals surface area (Å²) in [6.45, 7) is 0. The Hall–Kier alpha value is -0.995. The number of nitrogens with zero attached hydrogens (tertiary/aromatic N) is 3. The van der Waals surface area contributed by atoms with Gasteiger partial charge in [0.05, 0.1) is 5.72 Å². The van der Waals surface area contributed by atoms with Crippen LogP contribution in [0.15, 0.2) is 0 Å². The highest BCUT2D eigenvalue weighted by molar-refractivity contribution is 6.29. The van der Waals surface area contributed by atoms with Gasteiger partial charge in [-0.15, -0.1) is 5.10 Å². The van der Waals surface area contributed by atoms with Crippen molar-refractivity contribution in [2.45, 2.75) is 0 Å². The Morgan fingerprint density at radius 3 is 2.38 bits per heavy atom. The van der Waals surface area contributed by atoms with Crippen molar-refractivity contribution < 1.29 is 5.11 Å². The van der Waals surface area contributed by atoms with Crippen LogP contribution in [0.5, 0.6) is 6.01 Å². The first kappa shape index (κ1) is 5.15. The molecular formula is C3H6BN3O. The van der Waals surface area contributed by atoms with E-state index < -0.39 is 0 Å². The Kier molecular flexibility index (Phi) is 0.967. The summed E-state index contributed by atoms with van der Waals surface area (Å²) in [6.07, 6.45) is 0. The Morgan fingerprint density at radius 2 is 2.25 bits per heavy atom. The van der Waals surface area contributed by atoms with E-state index in [-0.39, 0.29) is 6.01 Å². The van der Waals surface area contributed by atoms with Gasteiger partial charge in [0.1, 0.15) is 0 Å². The van der Waals surface area contributed by atoms with E-state index in [1.54, 1.807) is 14.9 Å². The molecule has 0 aromatic carbocycles. The number of hydrogen-bond acceptors (Lipinski definition) is 3. The highest BCUT2D eigenvalue weighted by atomic mass is 16.3. The zero-order valence-electron chi connectivity index (χ0n) is 4.79. The average molecular weight is 111 g/mol. The molecule has 0 fully saturated rings. The molecule has 1 heterocycles. The van der Waals surface area contributed by atoms with Crippen LogP contribution in [-0.2, 0) is 7.05 Å². The molecule has 0 saturated heterocycles. The summed E-state index contributed by atoms with van der Waals surface area (Å²) in [4.78, 5) is 0. The van der Waals surface area contributed by atoms with Crippen LogP contribution < -0.4 is 5.72 Å². The van der Waals surface area contributed by atoms with Crippen LogP contribution in [0.25, 0.3) is 0 Å². The molecule has 0 amide bonds. The smallest absolute Gasteiger partial charge is 0.313 e. The normalized spacial score (nSPS) is 9.62.